The molecule has 0 saturated heterocycles. The Morgan fingerprint density at radius 3 is 2.63 bits per heavy atom. The molecule has 0 radical (unpaired) electrons. The second-order valence-electron chi connectivity index (χ2n) is 5.57. The van der Waals surface area contributed by atoms with Crippen molar-refractivity contribution in [1.29, 1.82) is 5.41 Å². The predicted molar refractivity (Wildman–Crippen MR) is 79.1 cm³/mol. The van der Waals surface area contributed by atoms with Crippen LogP contribution in [0.15, 0.2) is 18.2 Å². The van der Waals surface area contributed by atoms with Crippen molar-refractivity contribution < 1.29 is 4.74 Å². The minimum Gasteiger partial charge on any atom is -0.489 e. The van der Waals surface area contributed by atoms with E-state index in [2.05, 4.69) is 13.8 Å². The molecule has 1 aliphatic carbocycles. The van der Waals surface area contributed by atoms with Gasteiger partial charge >= 0.3 is 0 Å². The van der Waals surface area contributed by atoms with E-state index in [1.54, 1.807) is 12.1 Å². The van der Waals surface area contributed by atoms with Gasteiger partial charge in [-0.05, 0) is 49.3 Å². The van der Waals surface area contributed by atoms with E-state index >= 15 is 0 Å². The molecule has 104 valence electrons. The average Bonchev–Trinajstić information content (AvgIpc) is 2.36. The van der Waals surface area contributed by atoms with E-state index in [1.807, 2.05) is 6.07 Å². The molecule has 0 aromatic heterocycles. The highest BCUT2D eigenvalue weighted by atomic mass is 35.5. The van der Waals surface area contributed by atoms with Crippen molar-refractivity contribution >= 4 is 17.4 Å². The van der Waals surface area contributed by atoms with Gasteiger partial charge in [-0.2, -0.15) is 0 Å². The van der Waals surface area contributed by atoms with Crippen molar-refractivity contribution in [3.63, 3.8) is 0 Å². The fraction of sp³-hybridized carbons (Fsp3) is 0.533. The Balaban J connectivity index is 2.05. The second-order valence-corrected chi connectivity index (χ2v) is 5.97. The van der Waals surface area contributed by atoms with Crippen molar-refractivity contribution in [2.24, 2.45) is 17.6 Å². The van der Waals surface area contributed by atoms with Crippen LogP contribution in [0.25, 0.3) is 0 Å². The first-order valence-corrected chi connectivity index (χ1v) is 7.15. The number of hydrogen-bond donors (Lipinski definition) is 2. The normalized spacial score (nSPS) is 27.0. The number of hydrogen-bond acceptors (Lipinski definition) is 2. The minimum atomic E-state index is 0.0218. The Bertz CT molecular complexity index is 475. The Morgan fingerprint density at radius 2 is 2.05 bits per heavy atom. The summed E-state index contributed by atoms with van der Waals surface area (Å²) in [7, 11) is 0. The summed E-state index contributed by atoms with van der Waals surface area (Å²) in [6.45, 7) is 4.58. The molecule has 1 saturated carbocycles. The summed E-state index contributed by atoms with van der Waals surface area (Å²) in [5.74, 6) is 2.18. The molecule has 4 heteroatoms. The van der Waals surface area contributed by atoms with Crippen LogP contribution >= 0.6 is 11.6 Å². The lowest BCUT2D eigenvalue weighted by Crippen LogP contribution is -2.28. The molecule has 0 heterocycles. The fourth-order valence-electron chi connectivity index (χ4n) is 2.55. The zero-order valence-electron chi connectivity index (χ0n) is 11.4. The summed E-state index contributed by atoms with van der Waals surface area (Å²) >= 11 is 6.18. The van der Waals surface area contributed by atoms with Crippen LogP contribution in [0.3, 0.4) is 0 Å². The fourth-order valence-corrected chi connectivity index (χ4v) is 2.77. The second kappa shape index (κ2) is 5.83. The van der Waals surface area contributed by atoms with Crippen LogP contribution in [0.5, 0.6) is 5.75 Å². The number of nitrogens with one attached hydrogen (secondary N) is 1. The van der Waals surface area contributed by atoms with Gasteiger partial charge in [0.15, 0.2) is 0 Å². The highest BCUT2D eigenvalue weighted by Crippen LogP contribution is 2.34. The van der Waals surface area contributed by atoms with E-state index < -0.39 is 0 Å². The van der Waals surface area contributed by atoms with Crippen molar-refractivity contribution in [1.82, 2.24) is 0 Å². The number of rotatable bonds is 3. The van der Waals surface area contributed by atoms with E-state index in [4.69, 9.17) is 27.5 Å². The third kappa shape index (κ3) is 3.41. The molecule has 3 unspecified atom stereocenters. The lowest BCUT2D eigenvalue weighted by molar-refractivity contribution is 0.101. The highest BCUT2D eigenvalue weighted by Gasteiger charge is 2.26. The molecule has 0 aliphatic heterocycles. The van der Waals surface area contributed by atoms with Gasteiger partial charge in [0.25, 0.3) is 0 Å². The molecule has 3 nitrogen and oxygen atoms in total. The summed E-state index contributed by atoms with van der Waals surface area (Å²) < 4.78 is 6.00. The zero-order chi connectivity index (χ0) is 14.0. The molecule has 0 spiro atoms. The van der Waals surface area contributed by atoms with Crippen LogP contribution < -0.4 is 10.5 Å². The standard InChI is InChI=1S/C15H21ClN2O/c1-9-3-5-12(7-10(9)2)19-14-6-4-11(15(17)18)8-13(14)16/h4,6,8-10,12H,3,5,7H2,1-2H3,(H3,17,18). The maximum Gasteiger partial charge on any atom is 0.138 e. The first kappa shape index (κ1) is 14.2. The Kier molecular flexibility index (Phi) is 4.35. The first-order chi connectivity index (χ1) is 8.97. The Morgan fingerprint density at radius 1 is 1.32 bits per heavy atom. The molecule has 0 amide bonds. The van der Waals surface area contributed by atoms with Gasteiger partial charge in [0, 0.05) is 5.56 Å². The third-order valence-corrected chi connectivity index (χ3v) is 4.38. The summed E-state index contributed by atoms with van der Waals surface area (Å²) in [4.78, 5) is 0. The summed E-state index contributed by atoms with van der Waals surface area (Å²) in [6, 6.07) is 5.27. The van der Waals surface area contributed by atoms with E-state index in [-0.39, 0.29) is 11.9 Å². The van der Waals surface area contributed by atoms with Crippen molar-refractivity contribution in [2.75, 3.05) is 0 Å². The van der Waals surface area contributed by atoms with Crippen molar-refractivity contribution in [2.45, 2.75) is 39.2 Å². The highest BCUT2D eigenvalue weighted by molar-refractivity contribution is 6.32. The Hall–Kier alpha value is -1.22. The van der Waals surface area contributed by atoms with E-state index in [0.29, 0.717) is 22.3 Å². The number of amidine groups is 1. The molecule has 1 aromatic carbocycles. The molecule has 1 aliphatic rings. The molecular weight excluding hydrogens is 260 g/mol. The maximum atomic E-state index is 7.38. The lowest BCUT2D eigenvalue weighted by Gasteiger charge is -2.32. The summed E-state index contributed by atoms with van der Waals surface area (Å²) in [5.41, 5.74) is 6.06. The number of halogens is 1. The van der Waals surface area contributed by atoms with Crippen LogP contribution in [0.4, 0.5) is 0 Å². The van der Waals surface area contributed by atoms with Gasteiger partial charge in [0.05, 0.1) is 11.1 Å². The lowest BCUT2D eigenvalue weighted by atomic mass is 9.80. The number of nitrogens with two attached hydrogens (primary N) is 1. The molecule has 0 bridgehead atoms. The number of ether oxygens (including phenoxy) is 1. The van der Waals surface area contributed by atoms with Crippen LogP contribution in [0.2, 0.25) is 5.02 Å². The largest absolute Gasteiger partial charge is 0.489 e. The monoisotopic (exact) mass is 280 g/mol. The van der Waals surface area contributed by atoms with Gasteiger partial charge in [-0.15, -0.1) is 0 Å². The van der Waals surface area contributed by atoms with E-state index in [0.717, 1.165) is 18.8 Å². The molecule has 3 atom stereocenters. The molecule has 1 aromatic rings. The smallest absolute Gasteiger partial charge is 0.138 e. The Labute approximate surface area is 119 Å². The minimum absolute atomic E-state index is 0.0218. The van der Waals surface area contributed by atoms with Gasteiger partial charge in [-0.1, -0.05) is 25.4 Å². The van der Waals surface area contributed by atoms with E-state index in [9.17, 15) is 0 Å². The molecule has 1 fully saturated rings. The predicted octanol–water partition coefficient (Wildman–Crippen LogP) is 3.83. The van der Waals surface area contributed by atoms with Gasteiger partial charge < -0.3 is 10.5 Å². The molecule has 2 rings (SSSR count). The maximum absolute atomic E-state index is 7.38. The van der Waals surface area contributed by atoms with Gasteiger partial charge in [0.1, 0.15) is 11.6 Å². The summed E-state index contributed by atoms with van der Waals surface area (Å²) in [5, 5.41) is 7.91. The molecule has 19 heavy (non-hydrogen) atoms. The third-order valence-electron chi connectivity index (χ3n) is 4.09. The van der Waals surface area contributed by atoms with Crippen molar-refractivity contribution in [3.8, 4) is 5.75 Å². The van der Waals surface area contributed by atoms with Crippen molar-refractivity contribution in [3.05, 3.63) is 28.8 Å². The number of benzene rings is 1. The molecule has 3 N–H and O–H groups in total. The average molecular weight is 281 g/mol. The van der Waals surface area contributed by atoms with E-state index in [1.165, 1.54) is 6.42 Å². The molecular formula is C15H21ClN2O. The van der Waals surface area contributed by atoms with Crippen LogP contribution in [0, 0.1) is 17.2 Å². The number of nitrogen functional groups attached to an aromatic ring is 1. The van der Waals surface area contributed by atoms with Gasteiger partial charge in [-0.3, -0.25) is 5.41 Å². The summed E-state index contributed by atoms with van der Waals surface area (Å²) in [6.07, 6.45) is 3.60. The SMILES string of the molecule is CC1CCC(Oc2ccc(C(=N)N)cc2Cl)CC1C. The topological polar surface area (TPSA) is 59.1 Å². The van der Waals surface area contributed by atoms with Crippen LogP contribution in [-0.4, -0.2) is 11.9 Å². The van der Waals surface area contributed by atoms with Crippen LogP contribution in [-0.2, 0) is 0 Å². The van der Waals surface area contributed by atoms with Gasteiger partial charge in [0.2, 0.25) is 0 Å². The van der Waals surface area contributed by atoms with Crippen LogP contribution in [0.1, 0.15) is 38.7 Å². The zero-order valence-corrected chi connectivity index (χ0v) is 12.2. The quantitative estimate of drug-likeness (QED) is 0.653. The first-order valence-electron chi connectivity index (χ1n) is 6.78. The van der Waals surface area contributed by atoms with Gasteiger partial charge in [-0.25, -0.2) is 0 Å².